The van der Waals surface area contributed by atoms with Crippen LogP contribution >= 0.6 is 0 Å². The number of carbonyl (C=O) groups excluding carboxylic acids is 1. The molecule has 18 heteroatoms. The molecular weight excluding hydrogens is 728 g/mol. The molecule has 284 valence electrons. The Morgan fingerprint density at radius 3 is 2.21 bits per heavy atom. The largest absolute Gasteiger partial charge is 0.493 e. The Bertz CT molecular complexity index is 2130. The van der Waals surface area contributed by atoms with Gasteiger partial charge in [0.1, 0.15) is 17.7 Å². The summed E-state index contributed by atoms with van der Waals surface area (Å²) in [7, 11) is -1.13. The van der Waals surface area contributed by atoms with Gasteiger partial charge in [-0.15, -0.1) is 0 Å². The average Bonchev–Trinajstić information content (AvgIpc) is 3.56. The zero-order valence-electron chi connectivity index (χ0n) is 28.7. The summed E-state index contributed by atoms with van der Waals surface area (Å²) < 4.78 is 85.1. The van der Waals surface area contributed by atoms with Gasteiger partial charge in [-0.2, -0.15) is 13.2 Å². The number of pyridine rings is 1. The van der Waals surface area contributed by atoms with Gasteiger partial charge in [0.2, 0.25) is 5.91 Å². The van der Waals surface area contributed by atoms with Crippen molar-refractivity contribution in [3.8, 4) is 11.5 Å². The molecule has 5 rings (SSSR count). The number of aromatic nitrogens is 1. The number of alkyl halides is 3. The van der Waals surface area contributed by atoms with Gasteiger partial charge in [0, 0.05) is 35.4 Å². The van der Waals surface area contributed by atoms with Gasteiger partial charge in [-0.25, -0.2) is 22.6 Å². The van der Waals surface area contributed by atoms with E-state index in [1.54, 1.807) is 42.6 Å². The number of likely N-dealkylation sites (tertiary alicyclic amines) is 1. The van der Waals surface area contributed by atoms with E-state index in [9.17, 15) is 36.3 Å². The number of sulfone groups is 1. The maximum Gasteiger partial charge on any atom is 0.490 e. The number of anilines is 2. The van der Waals surface area contributed by atoms with Crippen molar-refractivity contribution in [2.45, 2.75) is 48.7 Å². The van der Waals surface area contributed by atoms with Crippen molar-refractivity contribution >= 4 is 50.0 Å². The summed E-state index contributed by atoms with van der Waals surface area (Å²) in [6.45, 7) is 3.06. The molecule has 53 heavy (non-hydrogen) atoms. The third kappa shape index (κ3) is 8.54. The first-order valence-corrected chi connectivity index (χ1v) is 17.4. The summed E-state index contributed by atoms with van der Waals surface area (Å²) in [5.41, 5.74) is 6.57. The molecule has 13 nitrogen and oxygen atoms in total. The van der Waals surface area contributed by atoms with Gasteiger partial charge in [-0.05, 0) is 67.6 Å². The number of fused-ring (bicyclic) bond motifs is 1. The van der Waals surface area contributed by atoms with Crippen LogP contribution in [0.1, 0.15) is 43.5 Å². The Hall–Kier alpha value is -5.65. The fourth-order valence-corrected chi connectivity index (χ4v) is 7.20. The van der Waals surface area contributed by atoms with E-state index in [-0.39, 0.29) is 40.5 Å². The number of hydrogen-bond donors (Lipinski definition) is 4. The number of halogens is 4. The maximum atomic E-state index is 15.8. The lowest BCUT2D eigenvalue weighted by atomic mass is 9.93. The number of amides is 1. The Balaban J connectivity index is 0.000000815. The normalized spacial score (nSPS) is 16.4. The molecule has 1 aliphatic heterocycles. The van der Waals surface area contributed by atoms with Crippen molar-refractivity contribution in [3.63, 3.8) is 0 Å². The second-order valence-electron chi connectivity index (χ2n) is 12.1. The smallest absolute Gasteiger partial charge is 0.490 e. The van der Waals surface area contributed by atoms with Crippen LogP contribution in [0.4, 0.5) is 29.1 Å². The topological polar surface area (TPSA) is 198 Å². The number of nitrogen functional groups attached to an aromatic ring is 1. The van der Waals surface area contributed by atoms with Crippen molar-refractivity contribution < 1.29 is 60.0 Å². The number of carbonyl (C=O) groups is 3. The van der Waals surface area contributed by atoms with E-state index >= 15 is 4.39 Å². The number of nitrogens with one attached hydrogen (secondary N) is 1. The fraction of sp³-hybridized carbons (Fsp3) is 0.314. The summed E-state index contributed by atoms with van der Waals surface area (Å²) in [6, 6.07) is 12.9. The van der Waals surface area contributed by atoms with Crippen LogP contribution in [0.25, 0.3) is 10.8 Å². The minimum absolute atomic E-state index is 0.0104. The summed E-state index contributed by atoms with van der Waals surface area (Å²) in [5, 5.41) is 21.1. The molecule has 2 unspecified atom stereocenters. The fourth-order valence-electron chi connectivity index (χ4n) is 5.91. The van der Waals surface area contributed by atoms with Crippen molar-refractivity contribution in [2.24, 2.45) is 5.92 Å². The number of carboxylic acid groups (broad SMARTS) is 2. The molecule has 1 amide bonds. The van der Waals surface area contributed by atoms with Crippen LogP contribution in [0.2, 0.25) is 0 Å². The van der Waals surface area contributed by atoms with Crippen LogP contribution in [0.5, 0.6) is 11.5 Å². The molecule has 1 fully saturated rings. The van der Waals surface area contributed by atoms with Gasteiger partial charge in [0.05, 0.1) is 36.3 Å². The predicted octanol–water partition coefficient (Wildman–Crippen LogP) is 5.62. The van der Waals surface area contributed by atoms with Crippen molar-refractivity contribution in [1.82, 2.24) is 9.88 Å². The molecule has 0 bridgehead atoms. The molecule has 5 N–H and O–H groups in total. The average molecular weight is 765 g/mol. The number of nitrogens with zero attached hydrogens (tertiary/aromatic N) is 2. The van der Waals surface area contributed by atoms with E-state index in [1.807, 2.05) is 0 Å². The Morgan fingerprint density at radius 1 is 1.00 bits per heavy atom. The molecule has 4 aromatic rings. The van der Waals surface area contributed by atoms with Gasteiger partial charge in [-0.1, -0.05) is 18.2 Å². The van der Waals surface area contributed by atoms with Crippen LogP contribution < -0.4 is 20.5 Å². The van der Waals surface area contributed by atoms with E-state index in [1.165, 1.54) is 51.2 Å². The summed E-state index contributed by atoms with van der Waals surface area (Å²) >= 11 is 0. The number of methoxy groups -OCH3 is 2. The molecule has 1 saturated heterocycles. The van der Waals surface area contributed by atoms with E-state index in [2.05, 4.69) is 10.3 Å². The molecule has 2 heterocycles. The van der Waals surface area contributed by atoms with E-state index < -0.39 is 62.9 Å². The summed E-state index contributed by atoms with van der Waals surface area (Å²) in [5.74, 6) is -5.88. The van der Waals surface area contributed by atoms with Gasteiger partial charge >= 0.3 is 18.1 Å². The monoisotopic (exact) mass is 764 g/mol. The van der Waals surface area contributed by atoms with Crippen LogP contribution in [0.15, 0.2) is 71.8 Å². The number of benzene rings is 3. The molecule has 1 aromatic heterocycles. The highest BCUT2D eigenvalue weighted by Gasteiger charge is 2.46. The molecule has 0 aliphatic carbocycles. The van der Waals surface area contributed by atoms with Crippen LogP contribution in [-0.2, 0) is 24.2 Å². The van der Waals surface area contributed by atoms with E-state index in [0.717, 1.165) is 6.07 Å². The maximum absolute atomic E-state index is 15.8. The number of ether oxygens (including phenoxy) is 2. The molecule has 0 saturated carbocycles. The first kappa shape index (κ1) is 40.1. The predicted molar refractivity (Wildman–Crippen MR) is 185 cm³/mol. The van der Waals surface area contributed by atoms with Gasteiger partial charge in [0.25, 0.3) is 0 Å². The van der Waals surface area contributed by atoms with E-state index in [0.29, 0.717) is 22.3 Å². The second kappa shape index (κ2) is 15.9. The molecule has 3 atom stereocenters. The van der Waals surface area contributed by atoms with Gasteiger partial charge in [0.15, 0.2) is 21.3 Å². The Morgan fingerprint density at radius 2 is 1.62 bits per heavy atom. The van der Waals surface area contributed by atoms with Crippen LogP contribution in [-0.4, -0.2) is 78.6 Å². The summed E-state index contributed by atoms with van der Waals surface area (Å²) in [6.07, 6.45) is -3.48. The van der Waals surface area contributed by atoms with Crippen molar-refractivity contribution in [3.05, 3.63) is 83.8 Å². The zero-order chi connectivity index (χ0) is 39.4. The SMILES string of the molecule is COc1cc(F)c([C@H](Nc2ccc3c(N)nccc3c2)C(=O)N2CCC(C(=O)O)C2c2ccccc2S(=O)(=O)C(C)C)cc1OC.O=C(O)C(F)(F)F. The summed E-state index contributed by atoms with van der Waals surface area (Å²) in [4.78, 5) is 41.5. The minimum Gasteiger partial charge on any atom is -0.493 e. The third-order valence-electron chi connectivity index (χ3n) is 8.57. The highest BCUT2D eigenvalue weighted by atomic mass is 32.2. The Kier molecular flexibility index (Phi) is 12.1. The second-order valence-corrected chi connectivity index (χ2v) is 14.6. The van der Waals surface area contributed by atoms with Crippen molar-refractivity contribution in [2.75, 3.05) is 31.8 Å². The highest BCUT2D eigenvalue weighted by molar-refractivity contribution is 7.92. The molecule has 0 radical (unpaired) electrons. The molecule has 0 spiro atoms. The lowest BCUT2D eigenvalue weighted by molar-refractivity contribution is -0.192. The highest BCUT2D eigenvalue weighted by Crippen LogP contribution is 2.43. The van der Waals surface area contributed by atoms with Gasteiger partial charge in [-0.3, -0.25) is 9.59 Å². The number of rotatable bonds is 10. The van der Waals surface area contributed by atoms with Gasteiger partial charge < -0.3 is 35.6 Å². The van der Waals surface area contributed by atoms with Crippen LogP contribution in [0, 0.1) is 11.7 Å². The lowest BCUT2D eigenvalue weighted by Crippen LogP contribution is -2.40. The first-order chi connectivity index (χ1) is 24.8. The minimum atomic E-state index is -5.08. The first-order valence-electron chi connectivity index (χ1n) is 15.8. The lowest BCUT2D eigenvalue weighted by Gasteiger charge is -2.33. The van der Waals surface area contributed by atoms with E-state index in [4.69, 9.17) is 25.1 Å². The third-order valence-corrected chi connectivity index (χ3v) is 10.8. The van der Waals surface area contributed by atoms with Crippen molar-refractivity contribution in [1.29, 1.82) is 0 Å². The number of nitrogens with two attached hydrogens (primary N) is 1. The molecular formula is C35H36F4N4O9S. The number of aliphatic carboxylic acids is 2. The molecule has 3 aromatic carbocycles. The standard InChI is InChI=1S/C33H35FN4O7S.C2HF3O2/c1-18(2)46(42,43)28-8-6-5-7-22(28)30-23(33(40)41)12-14-38(30)32(39)29(24-16-26(44-3)27(45-4)17-25(24)34)37-20-9-10-21-19(15-20)11-13-36-31(21)35;3-2(4,5)1(6)7/h5-11,13,15-18,23,29-30,37H,12,14H2,1-4H3,(H2,35,36)(H,40,41);(H,6,7)/t23?,29-,30?;/m0./s1. The quantitative estimate of drug-likeness (QED) is 0.146. The zero-order valence-corrected chi connectivity index (χ0v) is 29.5. The van der Waals surface area contributed by atoms with Crippen LogP contribution in [0.3, 0.4) is 0 Å². The number of carboxylic acids is 2. The number of hydrogen-bond acceptors (Lipinski definition) is 10. The molecule has 1 aliphatic rings. The Labute approximate surface area is 301 Å².